The summed E-state index contributed by atoms with van der Waals surface area (Å²) in [7, 11) is 0. The van der Waals surface area contributed by atoms with Gasteiger partial charge in [-0.25, -0.2) is 4.79 Å². The van der Waals surface area contributed by atoms with Crippen LogP contribution < -0.4 is 0 Å². The molecule has 2 atom stereocenters. The third kappa shape index (κ3) is 3.98. The SMILES string of the molecule is CC(C)CCOC(C)C(=O)N1CCC[C@H]1C(=O)O. The van der Waals surface area contributed by atoms with Gasteiger partial charge in [0.05, 0.1) is 0 Å². The summed E-state index contributed by atoms with van der Waals surface area (Å²) >= 11 is 0. The molecule has 5 heteroatoms. The van der Waals surface area contributed by atoms with Gasteiger partial charge in [0.2, 0.25) is 0 Å². The molecule has 0 aromatic carbocycles. The molecule has 1 saturated heterocycles. The summed E-state index contributed by atoms with van der Waals surface area (Å²) in [6, 6.07) is -0.673. The largest absolute Gasteiger partial charge is 0.480 e. The van der Waals surface area contributed by atoms with Crippen molar-refractivity contribution in [2.75, 3.05) is 13.2 Å². The molecule has 1 aliphatic heterocycles. The number of carbonyl (C=O) groups excluding carboxylic acids is 1. The predicted octanol–water partition coefficient (Wildman–Crippen LogP) is 1.51. The maximum atomic E-state index is 12.1. The van der Waals surface area contributed by atoms with Gasteiger partial charge in [-0.05, 0) is 32.1 Å². The van der Waals surface area contributed by atoms with Crippen molar-refractivity contribution in [3.63, 3.8) is 0 Å². The van der Waals surface area contributed by atoms with Crippen molar-refractivity contribution in [3.05, 3.63) is 0 Å². The summed E-state index contributed by atoms with van der Waals surface area (Å²) in [4.78, 5) is 24.5. The topological polar surface area (TPSA) is 66.8 Å². The van der Waals surface area contributed by atoms with Gasteiger partial charge in [-0.15, -0.1) is 0 Å². The molecule has 1 N–H and O–H groups in total. The second kappa shape index (κ2) is 6.73. The number of amides is 1. The van der Waals surface area contributed by atoms with E-state index in [2.05, 4.69) is 13.8 Å². The Balaban J connectivity index is 2.45. The third-order valence-corrected chi connectivity index (χ3v) is 3.23. The molecule has 0 radical (unpaired) electrons. The number of carboxylic acids is 1. The van der Waals surface area contributed by atoms with Crippen LogP contribution in [0.4, 0.5) is 0 Å². The number of carboxylic acid groups (broad SMARTS) is 1. The molecule has 0 spiro atoms. The summed E-state index contributed by atoms with van der Waals surface area (Å²) in [5, 5.41) is 9.03. The van der Waals surface area contributed by atoms with Gasteiger partial charge in [-0.1, -0.05) is 13.8 Å². The molecule has 0 bridgehead atoms. The number of hydrogen-bond acceptors (Lipinski definition) is 3. The number of likely N-dealkylation sites (tertiary alicyclic amines) is 1. The smallest absolute Gasteiger partial charge is 0.326 e. The lowest BCUT2D eigenvalue weighted by molar-refractivity contribution is -0.153. The van der Waals surface area contributed by atoms with E-state index in [1.54, 1.807) is 6.92 Å². The Morgan fingerprint density at radius 1 is 1.39 bits per heavy atom. The van der Waals surface area contributed by atoms with E-state index in [9.17, 15) is 9.59 Å². The van der Waals surface area contributed by atoms with E-state index in [0.29, 0.717) is 25.5 Å². The highest BCUT2D eigenvalue weighted by molar-refractivity contribution is 5.86. The lowest BCUT2D eigenvalue weighted by Gasteiger charge is -2.25. The fourth-order valence-corrected chi connectivity index (χ4v) is 2.07. The number of hydrogen-bond donors (Lipinski definition) is 1. The Hall–Kier alpha value is -1.10. The molecule has 18 heavy (non-hydrogen) atoms. The van der Waals surface area contributed by atoms with E-state index in [0.717, 1.165) is 12.8 Å². The van der Waals surface area contributed by atoms with Crippen molar-refractivity contribution in [1.29, 1.82) is 0 Å². The van der Waals surface area contributed by atoms with Crippen LogP contribution in [0.15, 0.2) is 0 Å². The van der Waals surface area contributed by atoms with Crippen LogP contribution in [-0.4, -0.2) is 47.2 Å². The van der Waals surface area contributed by atoms with E-state index in [1.165, 1.54) is 4.90 Å². The third-order valence-electron chi connectivity index (χ3n) is 3.23. The highest BCUT2D eigenvalue weighted by Crippen LogP contribution is 2.19. The fourth-order valence-electron chi connectivity index (χ4n) is 2.07. The van der Waals surface area contributed by atoms with Gasteiger partial charge in [0.1, 0.15) is 12.1 Å². The molecule has 0 saturated carbocycles. The normalized spacial score (nSPS) is 21.3. The van der Waals surface area contributed by atoms with Crippen LogP contribution in [0.2, 0.25) is 0 Å². The van der Waals surface area contributed by atoms with Gasteiger partial charge < -0.3 is 14.7 Å². The van der Waals surface area contributed by atoms with Crippen LogP contribution in [0.3, 0.4) is 0 Å². The highest BCUT2D eigenvalue weighted by Gasteiger charge is 2.36. The number of rotatable bonds is 6. The van der Waals surface area contributed by atoms with Crippen molar-refractivity contribution in [2.45, 2.75) is 52.2 Å². The first kappa shape index (κ1) is 15.0. The molecule has 5 nitrogen and oxygen atoms in total. The van der Waals surface area contributed by atoms with Crippen LogP contribution >= 0.6 is 0 Å². The molecule has 1 unspecified atom stereocenters. The molecule has 0 aliphatic carbocycles. The van der Waals surface area contributed by atoms with Gasteiger partial charge in [0, 0.05) is 13.2 Å². The number of ether oxygens (including phenoxy) is 1. The summed E-state index contributed by atoms with van der Waals surface area (Å²) in [5.41, 5.74) is 0. The molecule has 1 fully saturated rings. The zero-order valence-electron chi connectivity index (χ0n) is 11.4. The standard InChI is InChI=1S/C13H23NO4/c1-9(2)6-8-18-10(3)12(15)14-7-4-5-11(14)13(16)17/h9-11H,4-8H2,1-3H3,(H,16,17)/t10?,11-/m0/s1. The van der Waals surface area contributed by atoms with E-state index in [-0.39, 0.29) is 5.91 Å². The van der Waals surface area contributed by atoms with Crippen molar-refractivity contribution < 1.29 is 19.4 Å². The second-order valence-electron chi connectivity index (χ2n) is 5.22. The predicted molar refractivity (Wildman–Crippen MR) is 67.2 cm³/mol. The van der Waals surface area contributed by atoms with E-state index in [4.69, 9.17) is 9.84 Å². The van der Waals surface area contributed by atoms with Crippen LogP contribution in [0, 0.1) is 5.92 Å². The highest BCUT2D eigenvalue weighted by atomic mass is 16.5. The van der Waals surface area contributed by atoms with Crippen molar-refractivity contribution in [3.8, 4) is 0 Å². The zero-order chi connectivity index (χ0) is 13.7. The number of nitrogens with zero attached hydrogens (tertiary/aromatic N) is 1. The minimum Gasteiger partial charge on any atom is -0.480 e. The van der Waals surface area contributed by atoms with Gasteiger partial charge in [-0.3, -0.25) is 4.79 Å². The Bertz CT molecular complexity index is 303. The first-order valence-corrected chi connectivity index (χ1v) is 6.58. The molecular weight excluding hydrogens is 234 g/mol. The van der Waals surface area contributed by atoms with Crippen molar-refractivity contribution in [2.24, 2.45) is 5.92 Å². The molecule has 0 aromatic rings. The molecule has 1 heterocycles. The molecule has 1 rings (SSSR count). The van der Waals surface area contributed by atoms with Crippen LogP contribution in [0.5, 0.6) is 0 Å². The molecular formula is C13H23NO4. The van der Waals surface area contributed by atoms with E-state index >= 15 is 0 Å². The molecule has 0 aromatic heterocycles. The molecule has 1 amide bonds. The van der Waals surface area contributed by atoms with Gasteiger partial charge in [-0.2, -0.15) is 0 Å². The summed E-state index contributed by atoms with van der Waals surface area (Å²) < 4.78 is 5.47. The Morgan fingerprint density at radius 2 is 2.06 bits per heavy atom. The molecule has 1 aliphatic rings. The maximum Gasteiger partial charge on any atom is 0.326 e. The Kier molecular flexibility index (Phi) is 5.59. The lowest BCUT2D eigenvalue weighted by atomic mass is 10.1. The Morgan fingerprint density at radius 3 is 2.61 bits per heavy atom. The fraction of sp³-hybridized carbons (Fsp3) is 0.846. The first-order chi connectivity index (χ1) is 8.43. The van der Waals surface area contributed by atoms with Crippen LogP contribution in [0.25, 0.3) is 0 Å². The average Bonchev–Trinajstić information content (AvgIpc) is 2.76. The molecule has 104 valence electrons. The van der Waals surface area contributed by atoms with E-state index in [1.807, 2.05) is 0 Å². The minimum atomic E-state index is -0.921. The van der Waals surface area contributed by atoms with Gasteiger partial charge in [0.15, 0.2) is 0 Å². The Labute approximate surface area is 108 Å². The van der Waals surface area contributed by atoms with Crippen molar-refractivity contribution in [1.82, 2.24) is 4.90 Å². The van der Waals surface area contributed by atoms with Crippen LogP contribution in [-0.2, 0) is 14.3 Å². The summed E-state index contributed by atoms with van der Waals surface area (Å²) in [6.45, 7) is 6.94. The quantitative estimate of drug-likeness (QED) is 0.783. The number of carbonyl (C=O) groups is 2. The first-order valence-electron chi connectivity index (χ1n) is 6.58. The van der Waals surface area contributed by atoms with Gasteiger partial charge >= 0.3 is 5.97 Å². The summed E-state index contributed by atoms with van der Waals surface area (Å²) in [5.74, 6) is -0.593. The van der Waals surface area contributed by atoms with E-state index < -0.39 is 18.1 Å². The minimum absolute atomic E-state index is 0.205. The maximum absolute atomic E-state index is 12.1. The lowest BCUT2D eigenvalue weighted by Crippen LogP contribution is -2.45. The monoisotopic (exact) mass is 257 g/mol. The van der Waals surface area contributed by atoms with Crippen LogP contribution in [0.1, 0.15) is 40.0 Å². The second-order valence-corrected chi connectivity index (χ2v) is 5.22. The average molecular weight is 257 g/mol. The number of aliphatic carboxylic acids is 1. The zero-order valence-corrected chi connectivity index (χ0v) is 11.4. The summed E-state index contributed by atoms with van der Waals surface area (Å²) in [6.07, 6.45) is 1.64. The van der Waals surface area contributed by atoms with Crippen molar-refractivity contribution >= 4 is 11.9 Å². The van der Waals surface area contributed by atoms with Gasteiger partial charge in [0.25, 0.3) is 5.91 Å².